The molecule has 37 heavy (non-hydrogen) atoms. The fourth-order valence-corrected chi connectivity index (χ4v) is 7.10. The molecule has 222 valence electrons. The molecule has 4 nitrogen and oxygen atoms in total. The van der Waals surface area contributed by atoms with Gasteiger partial charge < -0.3 is 19.9 Å². The maximum atomic E-state index is 6.47. The van der Waals surface area contributed by atoms with E-state index in [4.69, 9.17) is 19.9 Å². The molecular weight excluding hydrogens is 458 g/mol. The average molecular weight is 526 g/mol. The highest BCUT2D eigenvalue weighted by Gasteiger charge is 2.36. The molecule has 0 fully saturated rings. The van der Waals surface area contributed by atoms with Crippen molar-refractivity contribution in [2.24, 2.45) is 39.2 Å². The normalized spacial score (nSPS) is 15.6. The van der Waals surface area contributed by atoms with Crippen LogP contribution in [0.5, 0.6) is 0 Å². The van der Waals surface area contributed by atoms with E-state index in [1.54, 1.807) is 0 Å². The van der Waals surface area contributed by atoms with Crippen molar-refractivity contribution >= 4 is 0 Å². The van der Waals surface area contributed by atoms with E-state index in [9.17, 15) is 0 Å². The smallest absolute Gasteiger partial charge is 0.111 e. The Bertz CT molecular complexity index is 671. The van der Waals surface area contributed by atoms with Crippen molar-refractivity contribution in [1.29, 1.82) is 0 Å². The van der Waals surface area contributed by atoms with Gasteiger partial charge in [0.25, 0.3) is 0 Å². The fraction of sp³-hybridized carbons (Fsp3) is 0.939. The maximum Gasteiger partial charge on any atom is 0.111 e. The van der Waals surface area contributed by atoms with Gasteiger partial charge in [0, 0.05) is 6.04 Å². The lowest BCUT2D eigenvalue weighted by molar-refractivity contribution is -0.0413. The van der Waals surface area contributed by atoms with Crippen LogP contribution < -0.4 is 5.73 Å². The van der Waals surface area contributed by atoms with E-state index >= 15 is 0 Å². The van der Waals surface area contributed by atoms with Crippen molar-refractivity contribution in [2.45, 2.75) is 141 Å². The largest absolute Gasteiger partial charge is 0.496 e. The van der Waals surface area contributed by atoms with Crippen LogP contribution in [0.15, 0.2) is 11.8 Å². The van der Waals surface area contributed by atoms with Gasteiger partial charge >= 0.3 is 0 Å². The van der Waals surface area contributed by atoms with Gasteiger partial charge in [-0.25, -0.2) is 0 Å². The molecule has 0 saturated heterocycles. The van der Waals surface area contributed by atoms with Crippen molar-refractivity contribution in [3.8, 4) is 0 Å². The summed E-state index contributed by atoms with van der Waals surface area (Å²) in [6, 6.07) is 0.179. The van der Waals surface area contributed by atoms with Gasteiger partial charge in [-0.1, -0.05) is 83.1 Å². The van der Waals surface area contributed by atoms with Gasteiger partial charge in [0.2, 0.25) is 0 Å². The Kier molecular flexibility index (Phi) is 14.5. The van der Waals surface area contributed by atoms with Crippen LogP contribution in [0.1, 0.15) is 130 Å². The molecule has 2 N–H and O–H groups in total. The predicted molar refractivity (Wildman–Crippen MR) is 162 cm³/mol. The van der Waals surface area contributed by atoms with Crippen molar-refractivity contribution < 1.29 is 14.2 Å². The number of hydrogen-bond acceptors (Lipinski definition) is 4. The Morgan fingerprint density at radius 3 is 1.84 bits per heavy atom. The molecule has 0 amide bonds. The Hall–Kier alpha value is -0.580. The number of rotatable bonds is 19. The lowest BCUT2D eigenvalue weighted by Crippen LogP contribution is -2.44. The Balaban J connectivity index is 4.48. The molecule has 0 aromatic carbocycles. The van der Waals surface area contributed by atoms with Crippen LogP contribution in [-0.2, 0) is 14.2 Å². The lowest BCUT2D eigenvalue weighted by atomic mass is 9.68. The molecule has 1 unspecified atom stereocenters. The third kappa shape index (κ3) is 16.9. The first-order valence-corrected chi connectivity index (χ1v) is 14.8. The van der Waals surface area contributed by atoms with Gasteiger partial charge in [-0.15, -0.1) is 0 Å². The molecule has 1 atom stereocenters. The van der Waals surface area contributed by atoms with Gasteiger partial charge in [0.15, 0.2) is 0 Å². The van der Waals surface area contributed by atoms with Gasteiger partial charge in [-0.2, -0.15) is 0 Å². The highest BCUT2D eigenvalue weighted by Crippen LogP contribution is 2.43. The molecule has 0 aromatic heterocycles. The number of allylic oxidation sites excluding steroid dienone is 1. The standard InChI is InChI=1S/C33H67NO3/c1-25(2)20-29(6,7)21-30(8,9)23-33(14,15)37-17-16-27(5)36-19-18-35-24-31(10,11)22-32(12,13)28(34)26(3)4/h16,25-26,28H,17-24,34H2,1-15H3/b27-16+. The summed E-state index contributed by atoms with van der Waals surface area (Å²) >= 11 is 0. The summed E-state index contributed by atoms with van der Waals surface area (Å²) in [5.74, 6) is 2.08. The van der Waals surface area contributed by atoms with E-state index in [2.05, 4.69) is 96.9 Å². The predicted octanol–water partition coefficient (Wildman–Crippen LogP) is 9.02. The summed E-state index contributed by atoms with van der Waals surface area (Å²) in [6.07, 6.45) is 6.54. The molecular formula is C33H67NO3. The van der Waals surface area contributed by atoms with Crippen LogP contribution >= 0.6 is 0 Å². The molecule has 0 rings (SSSR count). The molecule has 0 spiro atoms. The van der Waals surface area contributed by atoms with Crippen LogP contribution in [0.3, 0.4) is 0 Å². The Labute approximate surface area is 232 Å². The molecule has 0 aliphatic heterocycles. The maximum absolute atomic E-state index is 6.47. The minimum Gasteiger partial charge on any atom is -0.496 e. The second-order valence-corrected chi connectivity index (χ2v) is 16.2. The molecule has 0 heterocycles. The van der Waals surface area contributed by atoms with Crippen molar-refractivity contribution in [2.75, 3.05) is 26.4 Å². The SMILES string of the molecule is C/C(=C\COC(C)(C)CC(C)(C)CC(C)(C)CC(C)C)OCCOCC(C)(C)CC(C)(C)C(N)C(C)C. The van der Waals surface area contributed by atoms with E-state index in [-0.39, 0.29) is 27.9 Å². The minimum absolute atomic E-state index is 0.0676. The zero-order chi connectivity index (χ0) is 29.3. The zero-order valence-corrected chi connectivity index (χ0v) is 27.8. The van der Waals surface area contributed by atoms with Gasteiger partial charge in [0.1, 0.15) is 6.61 Å². The number of hydrogen-bond donors (Lipinski definition) is 1. The van der Waals surface area contributed by atoms with E-state index < -0.39 is 0 Å². The minimum atomic E-state index is -0.186. The first-order chi connectivity index (χ1) is 16.5. The third-order valence-corrected chi connectivity index (χ3v) is 7.27. The van der Waals surface area contributed by atoms with Crippen LogP contribution in [-0.4, -0.2) is 38.1 Å². The highest BCUT2D eigenvalue weighted by molar-refractivity contribution is 4.91. The molecule has 0 saturated carbocycles. The molecule has 0 radical (unpaired) electrons. The summed E-state index contributed by atoms with van der Waals surface area (Å²) in [4.78, 5) is 0. The number of nitrogens with two attached hydrogens (primary N) is 1. The van der Waals surface area contributed by atoms with E-state index in [0.717, 1.165) is 24.5 Å². The summed E-state index contributed by atoms with van der Waals surface area (Å²) < 4.78 is 18.2. The molecule has 0 aliphatic rings. The van der Waals surface area contributed by atoms with Crippen LogP contribution in [0.2, 0.25) is 0 Å². The Morgan fingerprint density at radius 1 is 0.757 bits per heavy atom. The van der Waals surface area contributed by atoms with Crippen molar-refractivity contribution in [3.05, 3.63) is 11.8 Å². The second-order valence-electron chi connectivity index (χ2n) is 16.2. The summed E-state index contributed by atoms with van der Waals surface area (Å²) in [6.45, 7) is 36.5. The van der Waals surface area contributed by atoms with Gasteiger partial charge in [-0.3, -0.25) is 0 Å². The monoisotopic (exact) mass is 526 g/mol. The first-order valence-electron chi connectivity index (χ1n) is 14.8. The molecule has 0 bridgehead atoms. The summed E-state index contributed by atoms with van der Waals surface area (Å²) in [7, 11) is 0. The zero-order valence-electron chi connectivity index (χ0n) is 27.8. The summed E-state index contributed by atoms with van der Waals surface area (Å²) in [5.41, 5.74) is 6.98. The number of ether oxygens (including phenoxy) is 3. The topological polar surface area (TPSA) is 53.7 Å². The van der Waals surface area contributed by atoms with Gasteiger partial charge in [0.05, 0.1) is 31.2 Å². The van der Waals surface area contributed by atoms with E-state index in [0.29, 0.717) is 37.8 Å². The summed E-state index contributed by atoms with van der Waals surface area (Å²) in [5, 5.41) is 0. The Morgan fingerprint density at radius 2 is 1.32 bits per heavy atom. The quantitative estimate of drug-likeness (QED) is 0.135. The molecule has 0 aliphatic carbocycles. The first kappa shape index (κ1) is 36.4. The van der Waals surface area contributed by atoms with Crippen LogP contribution in [0, 0.1) is 33.5 Å². The van der Waals surface area contributed by atoms with Gasteiger partial charge in [-0.05, 0) is 86.0 Å². The second kappa shape index (κ2) is 14.7. The average Bonchev–Trinajstić information content (AvgIpc) is 2.62. The van der Waals surface area contributed by atoms with Crippen LogP contribution in [0.25, 0.3) is 0 Å². The highest BCUT2D eigenvalue weighted by atomic mass is 16.5. The van der Waals surface area contributed by atoms with E-state index in [1.807, 2.05) is 13.0 Å². The molecule has 4 heteroatoms. The van der Waals surface area contributed by atoms with Crippen LogP contribution in [0.4, 0.5) is 0 Å². The van der Waals surface area contributed by atoms with Crippen molar-refractivity contribution in [3.63, 3.8) is 0 Å². The molecule has 0 aromatic rings. The van der Waals surface area contributed by atoms with E-state index in [1.165, 1.54) is 12.8 Å². The fourth-order valence-electron chi connectivity index (χ4n) is 7.10. The lowest BCUT2D eigenvalue weighted by Gasteiger charge is -2.40. The third-order valence-electron chi connectivity index (χ3n) is 7.27. The van der Waals surface area contributed by atoms with Crippen molar-refractivity contribution in [1.82, 2.24) is 0 Å².